The van der Waals surface area contributed by atoms with Gasteiger partial charge in [0.15, 0.2) is 0 Å². The van der Waals surface area contributed by atoms with E-state index in [1.807, 2.05) is 0 Å². The Morgan fingerprint density at radius 3 is 2.30 bits per heavy atom. The first kappa shape index (κ1) is 14.3. The third-order valence-electron chi connectivity index (χ3n) is 2.43. The Kier molecular flexibility index (Phi) is 4.22. The van der Waals surface area contributed by atoms with Crippen LogP contribution >= 0.6 is 23.2 Å². The first-order valence-electron chi connectivity index (χ1n) is 5.44. The van der Waals surface area contributed by atoms with Gasteiger partial charge in [-0.05, 0) is 24.3 Å². The SMILES string of the molecule is O=C(Nc1ccccc1C(=O)O)c1cc(Cl)nc(Cl)c1. The number of hydrogen-bond acceptors (Lipinski definition) is 3. The van der Waals surface area contributed by atoms with Crippen LogP contribution in [-0.2, 0) is 0 Å². The molecule has 7 heteroatoms. The molecule has 1 aromatic heterocycles. The second kappa shape index (κ2) is 5.90. The normalized spacial score (nSPS) is 10.1. The maximum absolute atomic E-state index is 12.0. The maximum Gasteiger partial charge on any atom is 0.337 e. The van der Waals surface area contributed by atoms with Gasteiger partial charge in [-0.2, -0.15) is 0 Å². The molecule has 1 heterocycles. The summed E-state index contributed by atoms with van der Waals surface area (Å²) in [5, 5.41) is 11.7. The molecule has 2 rings (SSSR count). The average Bonchev–Trinajstić information content (AvgIpc) is 2.37. The molecule has 20 heavy (non-hydrogen) atoms. The molecule has 0 aliphatic rings. The average molecular weight is 311 g/mol. The monoisotopic (exact) mass is 310 g/mol. The quantitative estimate of drug-likeness (QED) is 0.852. The highest BCUT2D eigenvalue weighted by Gasteiger charge is 2.14. The number of carbonyl (C=O) groups excluding carboxylic acids is 1. The van der Waals surface area contributed by atoms with Crippen molar-refractivity contribution in [3.05, 3.63) is 57.8 Å². The zero-order chi connectivity index (χ0) is 14.7. The third kappa shape index (κ3) is 3.26. The smallest absolute Gasteiger partial charge is 0.337 e. The second-order valence-corrected chi connectivity index (χ2v) is 4.58. The van der Waals surface area contributed by atoms with E-state index in [9.17, 15) is 9.59 Å². The van der Waals surface area contributed by atoms with Gasteiger partial charge in [0.05, 0.1) is 11.3 Å². The zero-order valence-corrected chi connectivity index (χ0v) is 11.4. The highest BCUT2D eigenvalue weighted by molar-refractivity contribution is 6.33. The van der Waals surface area contributed by atoms with Crippen LogP contribution in [0.15, 0.2) is 36.4 Å². The molecular weight excluding hydrogens is 303 g/mol. The van der Waals surface area contributed by atoms with Gasteiger partial charge in [0.25, 0.3) is 5.91 Å². The number of carboxylic acid groups (broad SMARTS) is 1. The van der Waals surface area contributed by atoms with Crippen molar-refractivity contribution in [3.8, 4) is 0 Å². The van der Waals surface area contributed by atoms with E-state index in [-0.39, 0.29) is 27.1 Å². The summed E-state index contributed by atoms with van der Waals surface area (Å²) in [6, 6.07) is 8.75. The number of nitrogens with zero attached hydrogens (tertiary/aromatic N) is 1. The van der Waals surface area contributed by atoms with Gasteiger partial charge in [-0.15, -0.1) is 0 Å². The lowest BCUT2D eigenvalue weighted by Gasteiger charge is -2.08. The Morgan fingerprint density at radius 2 is 1.70 bits per heavy atom. The fraction of sp³-hybridized carbons (Fsp3) is 0. The molecule has 5 nitrogen and oxygen atoms in total. The van der Waals surface area contributed by atoms with Crippen molar-refractivity contribution >= 4 is 40.8 Å². The van der Waals surface area contributed by atoms with Gasteiger partial charge < -0.3 is 10.4 Å². The summed E-state index contributed by atoms with van der Waals surface area (Å²) in [6.07, 6.45) is 0. The summed E-state index contributed by atoms with van der Waals surface area (Å²) in [4.78, 5) is 26.8. The molecule has 0 atom stereocenters. The molecule has 2 N–H and O–H groups in total. The standard InChI is InChI=1S/C13H8Cl2N2O3/c14-10-5-7(6-11(15)17-10)12(18)16-9-4-2-1-3-8(9)13(19)20/h1-6H,(H,16,18)(H,19,20). The number of benzene rings is 1. The van der Waals surface area contributed by atoms with Crippen molar-refractivity contribution in [1.29, 1.82) is 0 Å². The summed E-state index contributed by atoms with van der Waals surface area (Å²) in [7, 11) is 0. The fourth-order valence-electron chi connectivity index (χ4n) is 1.57. The van der Waals surface area contributed by atoms with Crippen molar-refractivity contribution in [1.82, 2.24) is 4.98 Å². The molecule has 1 amide bonds. The van der Waals surface area contributed by atoms with E-state index in [0.29, 0.717) is 0 Å². The molecule has 0 saturated heterocycles. The first-order chi connectivity index (χ1) is 9.47. The lowest BCUT2D eigenvalue weighted by Crippen LogP contribution is -2.15. The summed E-state index contributed by atoms with van der Waals surface area (Å²) in [5.74, 6) is -1.66. The van der Waals surface area contributed by atoms with E-state index in [2.05, 4.69) is 10.3 Å². The van der Waals surface area contributed by atoms with Gasteiger partial charge in [-0.3, -0.25) is 4.79 Å². The van der Waals surface area contributed by atoms with Crippen molar-refractivity contribution in [2.75, 3.05) is 5.32 Å². The van der Waals surface area contributed by atoms with E-state index in [1.165, 1.54) is 24.3 Å². The molecule has 0 spiro atoms. The second-order valence-electron chi connectivity index (χ2n) is 3.81. The van der Waals surface area contributed by atoms with Gasteiger partial charge in [0, 0.05) is 5.56 Å². The van der Waals surface area contributed by atoms with Gasteiger partial charge in [0.2, 0.25) is 0 Å². The molecular formula is C13H8Cl2N2O3. The Hall–Kier alpha value is -2.11. The molecule has 0 aliphatic carbocycles. The van der Waals surface area contributed by atoms with Crippen LogP contribution < -0.4 is 5.32 Å². The van der Waals surface area contributed by atoms with Gasteiger partial charge in [-0.1, -0.05) is 35.3 Å². The number of para-hydroxylation sites is 1. The number of carbonyl (C=O) groups is 2. The first-order valence-corrected chi connectivity index (χ1v) is 6.20. The van der Waals surface area contributed by atoms with Crippen molar-refractivity contribution < 1.29 is 14.7 Å². The van der Waals surface area contributed by atoms with Crippen LogP contribution in [-0.4, -0.2) is 22.0 Å². The number of carboxylic acids is 1. The molecule has 1 aromatic carbocycles. The largest absolute Gasteiger partial charge is 0.478 e. The van der Waals surface area contributed by atoms with Crippen LogP contribution in [0.4, 0.5) is 5.69 Å². The van der Waals surface area contributed by atoms with Crippen LogP contribution in [0.2, 0.25) is 10.3 Å². The van der Waals surface area contributed by atoms with Gasteiger partial charge in [0.1, 0.15) is 10.3 Å². The summed E-state index contributed by atoms with van der Waals surface area (Å²) < 4.78 is 0. The molecule has 0 radical (unpaired) electrons. The lowest BCUT2D eigenvalue weighted by molar-refractivity contribution is 0.0698. The van der Waals surface area contributed by atoms with Crippen LogP contribution in [0.3, 0.4) is 0 Å². The lowest BCUT2D eigenvalue weighted by atomic mass is 10.1. The van der Waals surface area contributed by atoms with Crippen molar-refractivity contribution in [2.24, 2.45) is 0 Å². The Labute approximate surface area is 124 Å². The summed E-state index contributed by atoms with van der Waals surface area (Å²) >= 11 is 11.4. The summed E-state index contributed by atoms with van der Waals surface area (Å²) in [6.45, 7) is 0. The van der Waals surface area contributed by atoms with E-state index >= 15 is 0 Å². The minimum atomic E-state index is -1.13. The highest BCUT2D eigenvalue weighted by atomic mass is 35.5. The Morgan fingerprint density at radius 1 is 1.10 bits per heavy atom. The minimum Gasteiger partial charge on any atom is -0.478 e. The number of pyridine rings is 1. The van der Waals surface area contributed by atoms with E-state index < -0.39 is 11.9 Å². The summed E-state index contributed by atoms with van der Waals surface area (Å²) in [5.41, 5.74) is 0.372. The van der Waals surface area contributed by atoms with E-state index in [1.54, 1.807) is 12.1 Å². The van der Waals surface area contributed by atoms with Crippen LogP contribution in [0.25, 0.3) is 0 Å². The maximum atomic E-state index is 12.0. The van der Waals surface area contributed by atoms with Crippen molar-refractivity contribution in [3.63, 3.8) is 0 Å². The van der Waals surface area contributed by atoms with E-state index in [0.717, 1.165) is 0 Å². The number of amides is 1. The van der Waals surface area contributed by atoms with Crippen LogP contribution in [0.1, 0.15) is 20.7 Å². The number of rotatable bonds is 3. The highest BCUT2D eigenvalue weighted by Crippen LogP contribution is 2.19. The van der Waals surface area contributed by atoms with Crippen LogP contribution in [0, 0.1) is 0 Å². The number of hydrogen-bond donors (Lipinski definition) is 2. The Bertz CT molecular complexity index is 669. The van der Waals surface area contributed by atoms with E-state index in [4.69, 9.17) is 28.3 Å². The number of aromatic nitrogens is 1. The zero-order valence-electron chi connectivity index (χ0n) is 9.93. The fourth-order valence-corrected chi connectivity index (χ4v) is 2.03. The molecule has 0 unspecified atom stereocenters. The predicted octanol–water partition coefficient (Wildman–Crippen LogP) is 3.34. The number of anilines is 1. The topological polar surface area (TPSA) is 79.3 Å². The number of halogens is 2. The Balaban J connectivity index is 2.30. The molecule has 0 fully saturated rings. The molecule has 102 valence electrons. The third-order valence-corrected chi connectivity index (χ3v) is 2.82. The number of aromatic carboxylic acids is 1. The van der Waals surface area contributed by atoms with Gasteiger partial charge in [-0.25, -0.2) is 9.78 Å². The molecule has 0 bridgehead atoms. The minimum absolute atomic E-state index is 0.00731. The molecule has 0 saturated carbocycles. The van der Waals surface area contributed by atoms with Gasteiger partial charge >= 0.3 is 5.97 Å². The van der Waals surface area contributed by atoms with Crippen molar-refractivity contribution in [2.45, 2.75) is 0 Å². The molecule has 0 aliphatic heterocycles. The van der Waals surface area contributed by atoms with Crippen LogP contribution in [0.5, 0.6) is 0 Å². The predicted molar refractivity (Wildman–Crippen MR) is 75.6 cm³/mol. The molecule has 2 aromatic rings. The number of nitrogens with one attached hydrogen (secondary N) is 1.